The lowest BCUT2D eigenvalue weighted by Crippen LogP contribution is -2.14. The zero-order valence-corrected chi connectivity index (χ0v) is 12.9. The number of carbonyl (C=O) groups is 2. The highest BCUT2D eigenvalue weighted by Gasteiger charge is 2.12. The van der Waals surface area contributed by atoms with Gasteiger partial charge >= 0.3 is 5.97 Å². The van der Waals surface area contributed by atoms with E-state index in [4.69, 9.17) is 21.4 Å². The number of benzene rings is 1. The van der Waals surface area contributed by atoms with Gasteiger partial charge in [0.05, 0.1) is 16.8 Å². The Kier molecular flexibility index (Phi) is 7.02. The second kappa shape index (κ2) is 8.52. The Bertz CT molecular complexity index is 502. The monoisotopic (exact) mass is 313 g/mol. The molecule has 0 aromatic heterocycles. The van der Waals surface area contributed by atoms with Gasteiger partial charge in [-0.3, -0.25) is 9.59 Å². The van der Waals surface area contributed by atoms with E-state index in [1.165, 1.54) is 0 Å². The molecule has 0 spiro atoms. The molecular formula is C15H20ClNO4. The molecule has 5 nitrogen and oxygen atoms in total. The van der Waals surface area contributed by atoms with Gasteiger partial charge in [0.2, 0.25) is 5.91 Å². The minimum Gasteiger partial charge on any atom is -0.487 e. The standard InChI is InChI=1S/C15H20ClNO4/c1-10(2)21-15-11(16)6-5-7-12(15)17-13(18)8-3-4-9-14(19)20/h5-7,10H,3-4,8-9H2,1-2H3,(H,17,18)(H,19,20). The Morgan fingerprint density at radius 3 is 2.57 bits per heavy atom. The van der Waals surface area contributed by atoms with E-state index in [1.54, 1.807) is 18.2 Å². The van der Waals surface area contributed by atoms with Crippen molar-refractivity contribution in [3.63, 3.8) is 0 Å². The number of carboxylic acid groups (broad SMARTS) is 1. The second-order valence-corrected chi connectivity index (χ2v) is 5.34. The maximum Gasteiger partial charge on any atom is 0.303 e. The Hall–Kier alpha value is -1.75. The molecule has 0 unspecified atom stereocenters. The minimum absolute atomic E-state index is 0.0591. The lowest BCUT2D eigenvalue weighted by Gasteiger charge is -2.16. The highest BCUT2D eigenvalue weighted by molar-refractivity contribution is 6.32. The normalized spacial score (nSPS) is 10.5. The molecule has 1 aromatic rings. The van der Waals surface area contributed by atoms with E-state index in [0.29, 0.717) is 29.3 Å². The largest absolute Gasteiger partial charge is 0.487 e. The molecule has 6 heteroatoms. The van der Waals surface area contributed by atoms with Gasteiger partial charge in [0.1, 0.15) is 0 Å². The Morgan fingerprint density at radius 2 is 1.95 bits per heavy atom. The summed E-state index contributed by atoms with van der Waals surface area (Å²) in [6, 6.07) is 5.15. The molecule has 21 heavy (non-hydrogen) atoms. The van der Waals surface area contributed by atoms with Gasteiger partial charge in [-0.05, 0) is 38.8 Å². The number of carboxylic acids is 1. The summed E-state index contributed by atoms with van der Waals surface area (Å²) in [6.07, 6.45) is 1.29. The molecule has 0 saturated carbocycles. The summed E-state index contributed by atoms with van der Waals surface area (Å²) in [6.45, 7) is 3.75. The van der Waals surface area contributed by atoms with Crippen LogP contribution in [-0.4, -0.2) is 23.1 Å². The van der Waals surface area contributed by atoms with Crippen molar-refractivity contribution in [1.82, 2.24) is 0 Å². The van der Waals surface area contributed by atoms with Crippen molar-refractivity contribution in [2.24, 2.45) is 0 Å². The summed E-state index contributed by atoms with van der Waals surface area (Å²) in [7, 11) is 0. The van der Waals surface area contributed by atoms with Crippen LogP contribution in [0.5, 0.6) is 5.75 Å². The SMILES string of the molecule is CC(C)Oc1c(Cl)cccc1NC(=O)CCCCC(=O)O. The van der Waals surface area contributed by atoms with Crippen molar-refractivity contribution in [2.45, 2.75) is 45.6 Å². The Morgan fingerprint density at radius 1 is 1.29 bits per heavy atom. The van der Waals surface area contributed by atoms with Gasteiger partial charge in [-0.1, -0.05) is 17.7 Å². The molecule has 0 saturated heterocycles. The number of halogens is 1. The number of amides is 1. The van der Waals surface area contributed by atoms with Crippen LogP contribution in [0.3, 0.4) is 0 Å². The lowest BCUT2D eigenvalue weighted by molar-refractivity contribution is -0.137. The molecule has 1 aromatic carbocycles. The molecule has 1 rings (SSSR count). The number of hydrogen-bond acceptors (Lipinski definition) is 3. The number of hydrogen-bond donors (Lipinski definition) is 2. The van der Waals surface area contributed by atoms with E-state index in [0.717, 1.165) is 0 Å². The summed E-state index contributed by atoms with van der Waals surface area (Å²) < 4.78 is 5.61. The number of ether oxygens (including phenoxy) is 1. The predicted molar refractivity (Wildman–Crippen MR) is 81.9 cm³/mol. The molecule has 1 amide bonds. The maximum atomic E-state index is 11.8. The summed E-state index contributed by atoms with van der Waals surface area (Å²) in [5.41, 5.74) is 0.527. The second-order valence-electron chi connectivity index (χ2n) is 4.93. The number of unbranched alkanes of at least 4 members (excludes halogenated alkanes) is 1. The van der Waals surface area contributed by atoms with Gasteiger partial charge in [-0.25, -0.2) is 0 Å². The van der Waals surface area contributed by atoms with Gasteiger partial charge < -0.3 is 15.2 Å². The van der Waals surface area contributed by atoms with Crippen molar-refractivity contribution in [1.29, 1.82) is 0 Å². The van der Waals surface area contributed by atoms with E-state index in [1.807, 2.05) is 13.8 Å². The summed E-state index contributed by atoms with van der Waals surface area (Å²) in [5, 5.41) is 11.7. The number of para-hydroxylation sites is 1. The number of aliphatic carboxylic acids is 1. The van der Waals surface area contributed by atoms with Crippen molar-refractivity contribution in [2.75, 3.05) is 5.32 Å². The first-order chi connectivity index (χ1) is 9.90. The summed E-state index contributed by atoms with van der Waals surface area (Å²) >= 11 is 6.08. The summed E-state index contributed by atoms with van der Waals surface area (Å²) in [5.74, 6) is -0.581. The van der Waals surface area contributed by atoms with Gasteiger partial charge in [-0.15, -0.1) is 0 Å². The third-order valence-electron chi connectivity index (χ3n) is 2.64. The van der Waals surface area contributed by atoms with Crippen molar-refractivity contribution in [3.8, 4) is 5.75 Å². The first kappa shape index (κ1) is 17.3. The molecule has 0 aliphatic rings. The van der Waals surface area contributed by atoms with Crippen LogP contribution in [-0.2, 0) is 9.59 Å². The van der Waals surface area contributed by atoms with Crippen LogP contribution in [0.2, 0.25) is 5.02 Å². The van der Waals surface area contributed by atoms with Gasteiger partial charge in [-0.2, -0.15) is 0 Å². The Labute approximate surface area is 129 Å². The van der Waals surface area contributed by atoms with Crippen molar-refractivity contribution < 1.29 is 19.4 Å². The third kappa shape index (κ3) is 6.49. The van der Waals surface area contributed by atoms with Crippen LogP contribution < -0.4 is 10.1 Å². The third-order valence-corrected chi connectivity index (χ3v) is 2.94. The zero-order valence-electron chi connectivity index (χ0n) is 12.2. The fourth-order valence-corrected chi connectivity index (χ4v) is 1.96. The minimum atomic E-state index is -0.849. The molecule has 116 valence electrons. The molecule has 0 atom stereocenters. The van der Waals surface area contributed by atoms with Crippen LogP contribution >= 0.6 is 11.6 Å². The van der Waals surface area contributed by atoms with Crippen molar-refractivity contribution in [3.05, 3.63) is 23.2 Å². The van der Waals surface area contributed by atoms with E-state index in [2.05, 4.69) is 5.32 Å². The topological polar surface area (TPSA) is 75.6 Å². The molecule has 2 N–H and O–H groups in total. The molecule has 0 aliphatic heterocycles. The fourth-order valence-electron chi connectivity index (χ4n) is 1.74. The summed E-state index contributed by atoms with van der Waals surface area (Å²) in [4.78, 5) is 22.2. The van der Waals surface area contributed by atoms with Gasteiger partial charge in [0.25, 0.3) is 0 Å². The van der Waals surface area contributed by atoms with Crippen LogP contribution in [0.4, 0.5) is 5.69 Å². The number of nitrogens with one attached hydrogen (secondary N) is 1. The average molecular weight is 314 g/mol. The first-order valence-electron chi connectivity index (χ1n) is 6.87. The molecule has 0 bridgehead atoms. The lowest BCUT2D eigenvalue weighted by atomic mass is 10.2. The van der Waals surface area contributed by atoms with E-state index >= 15 is 0 Å². The average Bonchev–Trinajstić information content (AvgIpc) is 2.38. The van der Waals surface area contributed by atoms with E-state index in [-0.39, 0.29) is 24.9 Å². The predicted octanol–water partition coefficient (Wildman–Crippen LogP) is 3.71. The zero-order chi connectivity index (χ0) is 15.8. The highest BCUT2D eigenvalue weighted by Crippen LogP contribution is 2.33. The van der Waals surface area contributed by atoms with Crippen LogP contribution in [0, 0.1) is 0 Å². The molecule has 0 radical (unpaired) electrons. The van der Waals surface area contributed by atoms with Crippen molar-refractivity contribution >= 4 is 29.2 Å². The van der Waals surface area contributed by atoms with Crippen LogP contribution in [0.15, 0.2) is 18.2 Å². The molecule has 0 fully saturated rings. The quantitative estimate of drug-likeness (QED) is 0.717. The number of carbonyl (C=O) groups excluding carboxylic acids is 1. The van der Waals surface area contributed by atoms with E-state index < -0.39 is 5.97 Å². The smallest absolute Gasteiger partial charge is 0.303 e. The van der Waals surface area contributed by atoms with E-state index in [9.17, 15) is 9.59 Å². The maximum absolute atomic E-state index is 11.8. The molecule has 0 heterocycles. The van der Waals surface area contributed by atoms with Gasteiger partial charge in [0.15, 0.2) is 5.75 Å². The fraction of sp³-hybridized carbons (Fsp3) is 0.467. The Balaban J connectivity index is 2.59. The molecule has 0 aliphatic carbocycles. The number of anilines is 1. The first-order valence-corrected chi connectivity index (χ1v) is 7.24. The highest BCUT2D eigenvalue weighted by atomic mass is 35.5. The van der Waals surface area contributed by atoms with Crippen LogP contribution in [0.1, 0.15) is 39.5 Å². The molecular weight excluding hydrogens is 294 g/mol. The van der Waals surface area contributed by atoms with Gasteiger partial charge in [0, 0.05) is 12.8 Å². The van der Waals surface area contributed by atoms with Crippen LogP contribution in [0.25, 0.3) is 0 Å². The number of rotatable bonds is 8.